The molecular formula is C31H37FN5O8P. The Labute approximate surface area is 265 Å². The summed E-state index contributed by atoms with van der Waals surface area (Å²) in [4.78, 5) is 57.5. The second-order valence-electron chi connectivity index (χ2n) is 10.7. The summed E-state index contributed by atoms with van der Waals surface area (Å²) in [6.45, 7) is 6.35. The molecule has 2 heterocycles. The van der Waals surface area contributed by atoms with Crippen LogP contribution in [0.15, 0.2) is 42.6 Å². The number of halogens is 1. The molecule has 13 nitrogen and oxygen atoms in total. The molecule has 1 aliphatic rings. The van der Waals surface area contributed by atoms with E-state index in [1.54, 1.807) is 38.1 Å². The summed E-state index contributed by atoms with van der Waals surface area (Å²) in [7, 11) is -3.73. The average Bonchev–Trinajstić information content (AvgIpc) is 3.33. The van der Waals surface area contributed by atoms with E-state index in [9.17, 15) is 33.2 Å². The zero-order valence-corrected chi connectivity index (χ0v) is 26.9. The van der Waals surface area contributed by atoms with E-state index in [1.807, 2.05) is 0 Å². The first-order valence-electron chi connectivity index (χ1n) is 14.8. The highest BCUT2D eigenvalue weighted by molar-refractivity contribution is 7.60. The van der Waals surface area contributed by atoms with Gasteiger partial charge in [-0.05, 0) is 51.5 Å². The Kier molecular flexibility index (Phi) is 11.1. The van der Waals surface area contributed by atoms with Gasteiger partial charge in [-0.25, -0.2) is 14.6 Å². The zero-order valence-electron chi connectivity index (χ0n) is 26.0. The van der Waals surface area contributed by atoms with Crippen molar-refractivity contribution < 1.29 is 42.7 Å². The first kappa shape index (κ1) is 34.5. The summed E-state index contributed by atoms with van der Waals surface area (Å²) in [5.74, 6) is -3.20. The fourth-order valence-electron chi connectivity index (χ4n) is 5.20. The summed E-state index contributed by atoms with van der Waals surface area (Å²) >= 11 is 0. The second-order valence-corrected chi connectivity index (χ2v) is 13.1. The number of hydrogen-bond acceptors (Lipinski definition) is 9. The highest BCUT2D eigenvalue weighted by Crippen LogP contribution is 2.40. The highest BCUT2D eigenvalue weighted by atomic mass is 31.2. The number of carbonyl (C=O) groups excluding carboxylic acids is 4. The number of carbonyl (C=O) groups is 4. The minimum Gasteiger partial charge on any atom is -0.505 e. The lowest BCUT2D eigenvalue weighted by Crippen LogP contribution is -2.44. The van der Waals surface area contributed by atoms with Crippen LogP contribution in [0.4, 0.5) is 4.39 Å². The van der Waals surface area contributed by atoms with Crippen molar-refractivity contribution in [1.29, 1.82) is 0 Å². The molecule has 2 atom stereocenters. The van der Waals surface area contributed by atoms with Gasteiger partial charge in [-0.2, -0.15) is 0 Å². The maximum atomic E-state index is 14.0. The third kappa shape index (κ3) is 7.69. The Balaban J connectivity index is 1.59. The maximum absolute atomic E-state index is 14.0. The van der Waals surface area contributed by atoms with Gasteiger partial charge >= 0.3 is 11.9 Å². The van der Waals surface area contributed by atoms with Gasteiger partial charge in [0, 0.05) is 42.9 Å². The minimum absolute atomic E-state index is 0.0115. The average molecular weight is 658 g/mol. The van der Waals surface area contributed by atoms with Crippen molar-refractivity contribution in [2.75, 3.05) is 25.9 Å². The molecule has 2 aromatic carbocycles. The number of benzene rings is 2. The predicted molar refractivity (Wildman–Crippen MR) is 167 cm³/mol. The van der Waals surface area contributed by atoms with Crippen molar-refractivity contribution in [1.82, 2.24) is 25.4 Å². The molecule has 1 aliphatic heterocycles. The number of phenols is 1. The molecule has 2 amide bonds. The van der Waals surface area contributed by atoms with Crippen LogP contribution in [0, 0.1) is 5.82 Å². The largest absolute Gasteiger partial charge is 0.505 e. The summed E-state index contributed by atoms with van der Waals surface area (Å²) in [5.41, 5.74) is 1.05. The molecule has 3 aromatic rings. The number of rotatable bonds is 14. The second kappa shape index (κ2) is 14.8. The topological polar surface area (TPSA) is 176 Å². The van der Waals surface area contributed by atoms with Gasteiger partial charge in [0.2, 0.25) is 7.44 Å². The van der Waals surface area contributed by atoms with Crippen molar-refractivity contribution in [2.24, 2.45) is 0 Å². The lowest BCUT2D eigenvalue weighted by molar-refractivity contribution is -0.145. The molecule has 15 heteroatoms. The Hall–Kier alpha value is -4.39. The van der Waals surface area contributed by atoms with Crippen LogP contribution in [0.25, 0.3) is 10.9 Å². The van der Waals surface area contributed by atoms with Crippen LogP contribution in [0.2, 0.25) is 0 Å². The van der Waals surface area contributed by atoms with Crippen LogP contribution in [0.5, 0.6) is 5.75 Å². The lowest BCUT2D eigenvalue weighted by atomic mass is 9.96. The van der Waals surface area contributed by atoms with Crippen LogP contribution in [-0.4, -0.2) is 76.7 Å². The van der Waals surface area contributed by atoms with Crippen molar-refractivity contribution >= 4 is 42.1 Å². The summed E-state index contributed by atoms with van der Waals surface area (Å²) in [5, 5.41) is 19.6. The molecule has 0 unspecified atom stereocenters. The fourth-order valence-corrected chi connectivity index (χ4v) is 7.42. The maximum Gasteiger partial charge on any atom is 0.323 e. The third-order valence-corrected chi connectivity index (χ3v) is 9.76. The van der Waals surface area contributed by atoms with Crippen LogP contribution >= 0.6 is 7.44 Å². The summed E-state index contributed by atoms with van der Waals surface area (Å²) in [6.07, 6.45) is 1.20. The SMILES string of the molecule is CCOC(=O)[C@H](C)NP(=O)(CCNC(=O)c1c2c(c(O)c3ncccc13)C(=O)N(Cc1ccc(F)cc1)C2)N[C@@H](C)C(=O)OCC. The molecule has 46 heavy (non-hydrogen) atoms. The zero-order chi connectivity index (χ0) is 33.6. The highest BCUT2D eigenvalue weighted by Gasteiger charge is 2.37. The number of fused-ring (bicyclic) bond motifs is 2. The molecule has 0 aliphatic carbocycles. The van der Waals surface area contributed by atoms with Crippen molar-refractivity contribution in [2.45, 2.75) is 52.9 Å². The van der Waals surface area contributed by atoms with Crippen molar-refractivity contribution in [3.63, 3.8) is 0 Å². The number of hydrogen-bond donors (Lipinski definition) is 4. The quantitative estimate of drug-likeness (QED) is 0.148. The number of pyridine rings is 1. The lowest BCUT2D eigenvalue weighted by Gasteiger charge is -2.26. The number of ether oxygens (including phenoxy) is 2. The van der Waals surface area contributed by atoms with E-state index in [2.05, 4.69) is 20.5 Å². The monoisotopic (exact) mass is 657 g/mol. The standard InChI is InChI=1S/C31H37FN5O8P/c1-5-44-30(41)18(3)35-46(43,36-19(4)31(42)45-6-2)15-14-34-28(39)24-22-8-7-13-33-26(22)27(38)25-23(24)17-37(29(25)40)16-20-9-11-21(32)12-10-20/h7-13,18-19,38H,5-6,14-17H2,1-4H3,(H,34,39)(H2,35,36,43)/t18-,19-/m0/s1. The molecule has 0 bridgehead atoms. The number of phenolic OH excluding ortho intramolecular Hbond substituents is 1. The van der Waals surface area contributed by atoms with Crippen molar-refractivity contribution in [3.05, 3.63) is 70.7 Å². The van der Waals surface area contributed by atoms with Gasteiger partial charge in [-0.3, -0.25) is 28.7 Å². The van der Waals surface area contributed by atoms with E-state index in [0.717, 1.165) is 0 Å². The number of nitrogens with zero attached hydrogens (tertiary/aromatic N) is 2. The van der Waals surface area contributed by atoms with E-state index >= 15 is 0 Å². The number of aromatic nitrogens is 1. The number of nitrogens with one attached hydrogen (secondary N) is 3. The van der Waals surface area contributed by atoms with E-state index < -0.39 is 49.1 Å². The molecule has 0 radical (unpaired) electrons. The molecule has 4 rings (SSSR count). The first-order valence-corrected chi connectivity index (χ1v) is 16.7. The van der Waals surface area contributed by atoms with Crippen LogP contribution in [0.3, 0.4) is 0 Å². The van der Waals surface area contributed by atoms with Gasteiger partial charge in [0.25, 0.3) is 11.8 Å². The molecule has 246 valence electrons. The van der Waals surface area contributed by atoms with Gasteiger partial charge in [0.15, 0.2) is 5.75 Å². The number of esters is 2. The van der Waals surface area contributed by atoms with Gasteiger partial charge < -0.3 is 24.8 Å². The predicted octanol–water partition coefficient (Wildman–Crippen LogP) is 3.24. The van der Waals surface area contributed by atoms with Gasteiger partial charge in [-0.15, -0.1) is 0 Å². The summed E-state index contributed by atoms with van der Waals surface area (Å²) < 4.78 is 37.5. The molecule has 0 fully saturated rings. The van der Waals surface area contributed by atoms with Crippen LogP contribution in [-0.2, 0) is 36.7 Å². The number of aromatic hydroxyl groups is 1. The minimum atomic E-state index is -3.73. The van der Waals surface area contributed by atoms with Crippen molar-refractivity contribution in [3.8, 4) is 5.75 Å². The molecular weight excluding hydrogens is 620 g/mol. The first-order chi connectivity index (χ1) is 21.9. The molecule has 1 aromatic heterocycles. The fraction of sp³-hybridized carbons (Fsp3) is 0.387. The molecule has 0 spiro atoms. The third-order valence-electron chi connectivity index (χ3n) is 7.30. The molecule has 4 N–H and O–H groups in total. The van der Waals surface area contributed by atoms with E-state index in [1.165, 1.54) is 37.1 Å². The van der Waals surface area contributed by atoms with Gasteiger partial charge in [0.1, 0.15) is 23.4 Å². The van der Waals surface area contributed by atoms with E-state index in [4.69, 9.17) is 9.47 Å². The molecule has 0 saturated carbocycles. The normalized spacial score (nSPS) is 14.1. The summed E-state index contributed by atoms with van der Waals surface area (Å²) in [6, 6.07) is 6.83. The van der Waals surface area contributed by atoms with Crippen LogP contribution < -0.4 is 15.5 Å². The Morgan fingerprint density at radius 2 is 1.65 bits per heavy atom. The Morgan fingerprint density at radius 1 is 1.04 bits per heavy atom. The number of amides is 2. The molecule has 0 saturated heterocycles. The Morgan fingerprint density at radius 3 is 2.24 bits per heavy atom. The Bertz CT molecular complexity index is 1660. The smallest absolute Gasteiger partial charge is 0.323 e. The van der Waals surface area contributed by atoms with Gasteiger partial charge in [0.05, 0.1) is 24.3 Å². The van der Waals surface area contributed by atoms with E-state index in [0.29, 0.717) is 10.9 Å². The van der Waals surface area contributed by atoms with E-state index in [-0.39, 0.29) is 67.0 Å². The van der Waals surface area contributed by atoms with Crippen LogP contribution in [0.1, 0.15) is 59.5 Å². The van der Waals surface area contributed by atoms with Gasteiger partial charge in [-0.1, -0.05) is 18.2 Å².